The molecule has 0 radical (unpaired) electrons. The summed E-state index contributed by atoms with van der Waals surface area (Å²) in [7, 11) is 1.50. The number of amides is 2. The molecular formula is C21H16ClFN2O3. The molecule has 0 fully saturated rings. The molecule has 0 atom stereocenters. The molecular weight excluding hydrogens is 383 g/mol. The molecule has 0 spiro atoms. The Morgan fingerprint density at radius 3 is 2.21 bits per heavy atom. The van der Waals surface area contributed by atoms with Crippen molar-refractivity contribution in [1.29, 1.82) is 0 Å². The number of halogens is 2. The number of anilines is 2. The second kappa shape index (κ2) is 8.54. The number of carbonyl (C=O) groups excluding carboxylic acids is 2. The van der Waals surface area contributed by atoms with E-state index >= 15 is 0 Å². The molecule has 3 aromatic carbocycles. The highest BCUT2D eigenvalue weighted by Gasteiger charge is 2.13. The molecule has 142 valence electrons. The lowest BCUT2D eigenvalue weighted by Gasteiger charge is -2.10. The van der Waals surface area contributed by atoms with Gasteiger partial charge in [0.25, 0.3) is 11.8 Å². The van der Waals surface area contributed by atoms with Crippen LogP contribution in [0.15, 0.2) is 66.7 Å². The Hall–Kier alpha value is -3.38. The molecule has 0 aliphatic carbocycles. The van der Waals surface area contributed by atoms with Crippen LogP contribution in [0.4, 0.5) is 15.8 Å². The number of para-hydroxylation sites is 1. The van der Waals surface area contributed by atoms with E-state index in [4.69, 9.17) is 16.3 Å². The molecule has 0 aliphatic heterocycles. The van der Waals surface area contributed by atoms with Crippen LogP contribution in [0.2, 0.25) is 5.02 Å². The molecule has 3 rings (SSSR count). The maximum Gasteiger partial charge on any atom is 0.255 e. The van der Waals surface area contributed by atoms with E-state index in [-0.39, 0.29) is 16.8 Å². The number of carbonyl (C=O) groups is 2. The highest BCUT2D eigenvalue weighted by atomic mass is 35.5. The van der Waals surface area contributed by atoms with Crippen molar-refractivity contribution < 1.29 is 18.7 Å². The van der Waals surface area contributed by atoms with Crippen LogP contribution in [0, 0.1) is 5.82 Å². The van der Waals surface area contributed by atoms with E-state index < -0.39 is 17.6 Å². The van der Waals surface area contributed by atoms with Gasteiger partial charge in [-0.3, -0.25) is 9.59 Å². The van der Waals surface area contributed by atoms with E-state index in [9.17, 15) is 14.0 Å². The summed E-state index contributed by atoms with van der Waals surface area (Å²) in [6.07, 6.45) is 0. The lowest BCUT2D eigenvalue weighted by Crippen LogP contribution is -2.16. The van der Waals surface area contributed by atoms with Crippen molar-refractivity contribution >= 4 is 34.8 Å². The molecule has 0 aromatic heterocycles. The Balaban J connectivity index is 1.75. The maximum atomic E-state index is 13.7. The fourth-order valence-corrected chi connectivity index (χ4v) is 2.76. The summed E-state index contributed by atoms with van der Waals surface area (Å²) in [6, 6.07) is 16.8. The van der Waals surface area contributed by atoms with Crippen LogP contribution < -0.4 is 15.4 Å². The van der Waals surface area contributed by atoms with Gasteiger partial charge in [0.1, 0.15) is 11.6 Å². The van der Waals surface area contributed by atoms with E-state index in [2.05, 4.69) is 10.6 Å². The lowest BCUT2D eigenvalue weighted by atomic mass is 10.1. The number of benzene rings is 3. The van der Waals surface area contributed by atoms with Gasteiger partial charge < -0.3 is 15.4 Å². The van der Waals surface area contributed by atoms with Crippen LogP contribution in [-0.4, -0.2) is 18.9 Å². The van der Waals surface area contributed by atoms with E-state index in [1.807, 2.05) is 0 Å². The first-order valence-corrected chi connectivity index (χ1v) is 8.66. The van der Waals surface area contributed by atoms with Crippen molar-refractivity contribution in [1.82, 2.24) is 0 Å². The zero-order chi connectivity index (χ0) is 20.1. The van der Waals surface area contributed by atoms with Gasteiger partial charge in [-0.2, -0.15) is 0 Å². The van der Waals surface area contributed by atoms with Gasteiger partial charge in [-0.05, 0) is 48.5 Å². The highest BCUT2D eigenvalue weighted by molar-refractivity contribution is 6.32. The molecule has 0 saturated carbocycles. The molecule has 0 heterocycles. The van der Waals surface area contributed by atoms with Crippen molar-refractivity contribution in [2.45, 2.75) is 0 Å². The largest absolute Gasteiger partial charge is 0.495 e. The third-order valence-electron chi connectivity index (χ3n) is 3.92. The molecule has 28 heavy (non-hydrogen) atoms. The highest BCUT2D eigenvalue weighted by Crippen LogP contribution is 2.27. The summed E-state index contributed by atoms with van der Waals surface area (Å²) in [6.45, 7) is 0. The van der Waals surface area contributed by atoms with Crippen LogP contribution in [0.25, 0.3) is 0 Å². The van der Waals surface area contributed by atoms with Crippen LogP contribution in [0.5, 0.6) is 5.75 Å². The van der Waals surface area contributed by atoms with Gasteiger partial charge in [0, 0.05) is 16.8 Å². The number of hydrogen-bond acceptors (Lipinski definition) is 3. The summed E-state index contributed by atoms with van der Waals surface area (Å²) in [4.78, 5) is 24.9. The first-order valence-electron chi connectivity index (χ1n) is 8.29. The second-order valence-corrected chi connectivity index (χ2v) is 6.23. The van der Waals surface area contributed by atoms with Gasteiger partial charge in [-0.1, -0.05) is 29.8 Å². The Labute approximate surface area is 166 Å². The molecule has 7 heteroatoms. The Morgan fingerprint density at radius 2 is 1.57 bits per heavy atom. The average molecular weight is 399 g/mol. The summed E-state index contributed by atoms with van der Waals surface area (Å²) < 4.78 is 18.8. The standard InChI is InChI=1S/C21H16ClFN2O3/c1-28-19-10-9-15(12-16(19)22)24-20(26)13-5-4-6-14(11-13)21(27)25-18-8-3-2-7-17(18)23/h2-12H,1H3,(H,24,26)(H,25,27). The normalized spacial score (nSPS) is 10.2. The van der Waals surface area contributed by atoms with Crippen LogP contribution >= 0.6 is 11.6 Å². The van der Waals surface area contributed by atoms with E-state index in [0.29, 0.717) is 16.5 Å². The molecule has 2 N–H and O–H groups in total. The van der Waals surface area contributed by atoms with Gasteiger partial charge in [-0.25, -0.2) is 4.39 Å². The molecule has 0 unspecified atom stereocenters. The van der Waals surface area contributed by atoms with E-state index in [0.717, 1.165) is 0 Å². The van der Waals surface area contributed by atoms with Crippen molar-refractivity contribution in [3.05, 3.63) is 88.7 Å². The van der Waals surface area contributed by atoms with Crippen LogP contribution in [0.3, 0.4) is 0 Å². The monoisotopic (exact) mass is 398 g/mol. The summed E-state index contributed by atoms with van der Waals surface area (Å²) in [5.74, 6) is -0.985. The van der Waals surface area contributed by atoms with Crippen molar-refractivity contribution in [2.24, 2.45) is 0 Å². The van der Waals surface area contributed by atoms with Gasteiger partial charge in [-0.15, -0.1) is 0 Å². The third kappa shape index (κ3) is 4.47. The molecule has 0 aliphatic rings. The zero-order valence-corrected chi connectivity index (χ0v) is 15.6. The van der Waals surface area contributed by atoms with E-state index in [1.54, 1.807) is 36.4 Å². The predicted molar refractivity (Wildman–Crippen MR) is 107 cm³/mol. The fraction of sp³-hybridized carbons (Fsp3) is 0.0476. The van der Waals surface area contributed by atoms with E-state index in [1.165, 1.54) is 37.4 Å². The Morgan fingerprint density at radius 1 is 0.893 bits per heavy atom. The maximum absolute atomic E-state index is 13.7. The number of rotatable bonds is 5. The van der Waals surface area contributed by atoms with Crippen LogP contribution in [0.1, 0.15) is 20.7 Å². The fourth-order valence-electron chi connectivity index (χ4n) is 2.51. The summed E-state index contributed by atoms with van der Waals surface area (Å²) >= 11 is 6.06. The minimum absolute atomic E-state index is 0.0650. The van der Waals surface area contributed by atoms with Gasteiger partial charge in [0.15, 0.2) is 0 Å². The predicted octanol–water partition coefficient (Wildman–Crippen LogP) is 4.99. The van der Waals surface area contributed by atoms with Gasteiger partial charge >= 0.3 is 0 Å². The first-order chi connectivity index (χ1) is 13.5. The van der Waals surface area contributed by atoms with Gasteiger partial charge in [0.05, 0.1) is 17.8 Å². The summed E-state index contributed by atoms with van der Waals surface area (Å²) in [5.41, 5.74) is 1.05. The minimum atomic E-state index is -0.541. The van der Waals surface area contributed by atoms with Crippen molar-refractivity contribution in [2.75, 3.05) is 17.7 Å². The molecule has 3 aromatic rings. The Bertz CT molecular complexity index is 1040. The number of ether oxygens (including phenoxy) is 1. The number of nitrogens with one attached hydrogen (secondary N) is 2. The lowest BCUT2D eigenvalue weighted by molar-refractivity contribution is 0.102. The van der Waals surface area contributed by atoms with Crippen molar-refractivity contribution in [3.63, 3.8) is 0 Å². The van der Waals surface area contributed by atoms with Crippen molar-refractivity contribution in [3.8, 4) is 5.75 Å². The summed E-state index contributed by atoms with van der Waals surface area (Å²) in [5, 5.41) is 5.55. The molecule has 5 nitrogen and oxygen atoms in total. The quantitative estimate of drug-likeness (QED) is 0.636. The van der Waals surface area contributed by atoms with Gasteiger partial charge in [0.2, 0.25) is 0 Å². The average Bonchev–Trinajstić information content (AvgIpc) is 2.70. The van der Waals surface area contributed by atoms with Crippen LogP contribution in [-0.2, 0) is 0 Å². The molecule has 2 amide bonds. The third-order valence-corrected chi connectivity index (χ3v) is 4.21. The minimum Gasteiger partial charge on any atom is -0.495 e. The Kier molecular flexibility index (Phi) is 5.91. The molecule has 0 saturated heterocycles. The SMILES string of the molecule is COc1ccc(NC(=O)c2cccc(C(=O)Nc3ccccc3F)c2)cc1Cl. The smallest absolute Gasteiger partial charge is 0.255 e. The topological polar surface area (TPSA) is 67.4 Å². The first kappa shape index (κ1) is 19.4. The molecule has 0 bridgehead atoms. The number of methoxy groups -OCH3 is 1. The second-order valence-electron chi connectivity index (χ2n) is 5.82. The zero-order valence-electron chi connectivity index (χ0n) is 14.8. The number of hydrogen-bond donors (Lipinski definition) is 2.